The summed E-state index contributed by atoms with van der Waals surface area (Å²) in [4.78, 5) is 44.5. The number of aromatic nitrogens is 2. The van der Waals surface area contributed by atoms with E-state index < -0.39 is 22.5 Å². The van der Waals surface area contributed by atoms with Gasteiger partial charge in [-0.05, 0) is 29.5 Å². The second kappa shape index (κ2) is 7.12. The average molecular weight is 482 g/mol. The van der Waals surface area contributed by atoms with Crippen LogP contribution in [0.2, 0.25) is 0 Å². The van der Waals surface area contributed by atoms with Crippen molar-refractivity contribution >= 4 is 56.8 Å². The van der Waals surface area contributed by atoms with Gasteiger partial charge in [-0.1, -0.05) is 0 Å². The summed E-state index contributed by atoms with van der Waals surface area (Å²) in [6.07, 6.45) is 0.614. The van der Waals surface area contributed by atoms with Gasteiger partial charge >= 0.3 is 0 Å². The Morgan fingerprint density at radius 2 is 2.07 bits per heavy atom. The van der Waals surface area contributed by atoms with Crippen LogP contribution in [0.25, 0.3) is 28.3 Å². The number of H-pyrrole nitrogens is 1. The Morgan fingerprint density at radius 3 is 2.70 bits per heavy atom. The zero-order valence-electron chi connectivity index (χ0n) is 14.1. The van der Waals surface area contributed by atoms with Crippen LogP contribution in [0.1, 0.15) is 15.9 Å². The summed E-state index contributed by atoms with van der Waals surface area (Å²) in [7, 11) is 0. The van der Waals surface area contributed by atoms with Gasteiger partial charge < -0.3 is 26.2 Å². The second-order valence-electron chi connectivity index (χ2n) is 5.81. The summed E-state index contributed by atoms with van der Waals surface area (Å²) in [5, 5.41) is 22.1. The van der Waals surface area contributed by atoms with Gasteiger partial charge in [-0.3, -0.25) is 14.4 Å². The van der Waals surface area contributed by atoms with Crippen molar-refractivity contribution in [1.29, 1.82) is 0 Å². The van der Waals surface area contributed by atoms with Crippen LogP contribution in [0.5, 0.6) is 5.75 Å². The quantitative estimate of drug-likeness (QED) is 0.255. The van der Waals surface area contributed by atoms with Crippen LogP contribution < -0.4 is 27.1 Å². The van der Waals surface area contributed by atoms with E-state index in [-0.39, 0.29) is 51.5 Å². The smallest absolute Gasteiger partial charge is 0.254 e. The Balaban J connectivity index is 2.53. The van der Waals surface area contributed by atoms with Gasteiger partial charge in [0.2, 0.25) is 10.9 Å². The molecule has 3 rings (SSSR count). The van der Waals surface area contributed by atoms with Gasteiger partial charge in [0, 0.05) is 28.3 Å². The molecule has 0 aliphatic rings. The fraction of sp³-hybridized carbons (Fsp3) is 0.176. The average Bonchev–Trinajstić information content (AvgIpc) is 2.64. The third-order valence-corrected chi connectivity index (χ3v) is 5.00. The largest absolute Gasteiger partial charge is 0.515 e. The highest BCUT2D eigenvalue weighted by Gasteiger charge is 2.20. The minimum absolute atomic E-state index is 0.00214. The molecule has 0 unspecified atom stereocenters. The van der Waals surface area contributed by atoms with Gasteiger partial charge in [0.1, 0.15) is 22.3 Å². The number of halogens is 1. The van der Waals surface area contributed by atoms with Crippen molar-refractivity contribution in [2.45, 2.75) is 6.92 Å². The molecule has 0 atom stereocenters. The number of phenols is 1. The predicted molar refractivity (Wildman–Crippen MR) is 109 cm³/mol. The topological polar surface area (TPSA) is 158 Å². The summed E-state index contributed by atoms with van der Waals surface area (Å²) in [5.41, 5.74) is 4.45. The predicted octanol–water partition coefficient (Wildman–Crippen LogP) is -0.241. The number of benzene rings is 2. The number of fused-ring (bicyclic) bond motifs is 2. The normalized spacial score (nSPS) is 12.0. The molecule has 0 aliphatic carbocycles. The van der Waals surface area contributed by atoms with Crippen molar-refractivity contribution < 1.29 is 15.0 Å². The minimum atomic E-state index is -0.554. The Kier molecular flexibility index (Phi) is 5.02. The first-order chi connectivity index (χ1) is 12.8. The number of aromatic hydroxyl groups is 1. The fourth-order valence-electron chi connectivity index (χ4n) is 2.79. The lowest BCUT2D eigenvalue weighted by Crippen LogP contribution is -2.30. The van der Waals surface area contributed by atoms with E-state index in [9.17, 15) is 24.6 Å². The molecular formula is C17H15IN4O5. The molecule has 0 fully saturated rings. The summed E-state index contributed by atoms with van der Waals surface area (Å²) in [6, 6.07) is 1.25. The van der Waals surface area contributed by atoms with Crippen LogP contribution in [0.3, 0.4) is 0 Å². The number of carbonyl (C=O) groups excluding carboxylic acids is 1. The maximum absolute atomic E-state index is 12.6. The van der Waals surface area contributed by atoms with Gasteiger partial charge in [0.15, 0.2) is 0 Å². The first-order valence-corrected chi connectivity index (χ1v) is 8.94. The van der Waals surface area contributed by atoms with Crippen molar-refractivity contribution in [2.75, 3.05) is 13.1 Å². The molecule has 3 aromatic rings. The van der Waals surface area contributed by atoms with Gasteiger partial charge in [-0.2, -0.15) is 0 Å². The third-order valence-electron chi connectivity index (χ3n) is 4.15. The van der Waals surface area contributed by atoms with Crippen LogP contribution in [0.4, 0.5) is 0 Å². The SMILES string of the molecule is Cc1c(O)c(=CO)c2nc3c(=O)cc(I)c(C(=O)NCCN)c3[nH]c2c1=O. The molecule has 140 valence electrons. The zero-order valence-corrected chi connectivity index (χ0v) is 16.2. The van der Waals surface area contributed by atoms with E-state index in [0.717, 1.165) is 0 Å². The summed E-state index contributed by atoms with van der Waals surface area (Å²) < 4.78 is 0.383. The molecule has 1 amide bonds. The third kappa shape index (κ3) is 3.00. The maximum atomic E-state index is 12.6. The van der Waals surface area contributed by atoms with Gasteiger partial charge in [0.05, 0.1) is 22.6 Å². The number of hydrogen-bond donors (Lipinski definition) is 5. The summed E-state index contributed by atoms with van der Waals surface area (Å²) in [5.74, 6) is -0.890. The lowest BCUT2D eigenvalue weighted by atomic mass is 10.1. The highest BCUT2D eigenvalue weighted by Crippen LogP contribution is 2.21. The molecule has 9 nitrogen and oxygen atoms in total. The summed E-state index contributed by atoms with van der Waals surface area (Å²) >= 11 is 1.86. The molecule has 0 aliphatic heterocycles. The number of nitrogens with one attached hydrogen (secondary N) is 2. The van der Waals surface area contributed by atoms with Crippen molar-refractivity contribution in [3.63, 3.8) is 0 Å². The van der Waals surface area contributed by atoms with Crippen LogP contribution in [0.15, 0.2) is 15.7 Å². The molecule has 0 bridgehead atoms. The first-order valence-electron chi connectivity index (χ1n) is 7.86. The van der Waals surface area contributed by atoms with Crippen molar-refractivity contribution in [2.24, 2.45) is 5.73 Å². The lowest BCUT2D eigenvalue weighted by Gasteiger charge is -2.11. The molecule has 0 spiro atoms. The van der Waals surface area contributed by atoms with E-state index in [1.165, 1.54) is 13.0 Å². The first kappa shape index (κ1) is 19.0. The standard InChI is InChI=1S/C17H15IN4O5/c1-6-15(25)7(5-23)11-14(16(6)26)22-13-10(17(27)20-3-2-19)8(18)4-9(24)12(13)21-11/h4-5,22-23,25H,2-3,19H2,1H3,(H,20,27). The number of nitrogens with zero attached hydrogens (tertiary/aromatic N) is 1. The van der Waals surface area contributed by atoms with Crippen LogP contribution in [-0.4, -0.2) is 39.2 Å². The van der Waals surface area contributed by atoms with E-state index >= 15 is 0 Å². The minimum Gasteiger partial charge on any atom is -0.515 e. The molecular weight excluding hydrogens is 467 g/mol. The lowest BCUT2D eigenvalue weighted by molar-refractivity contribution is 0.0955. The van der Waals surface area contributed by atoms with Crippen molar-refractivity contribution in [3.8, 4) is 5.75 Å². The van der Waals surface area contributed by atoms with Crippen LogP contribution >= 0.6 is 22.6 Å². The number of aromatic amines is 1. The number of hydrogen-bond acceptors (Lipinski definition) is 7. The fourth-order valence-corrected chi connectivity index (χ4v) is 3.59. The Hall–Kier alpha value is -2.73. The van der Waals surface area contributed by atoms with Crippen LogP contribution in [0, 0.1) is 10.5 Å². The molecule has 1 aromatic heterocycles. The highest BCUT2D eigenvalue weighted by atomic mass is 127. The number of nitrogens with two attached hydrogens (primary N) is 1. The Labute approximate surface area is 165 Å². The van der Waals surface area contributed by atoms with Crippen molar-refractivity contribution in [3.05, 3.63) is 46.4 Å². The number of amides is 1. The number of carbonyl (C=O) groups is 1. The molecule has 0 saturated carbocycles. The highest BCUT2D eigenvalue weighted by molar-refractivity contribution is 14.1. The second-order valence-corrected chi connectivity index (χ2v) is 6.97. The van der Waals surface area contributed by atoms with E-state index in [1.54, 1.807) is 0 Å². The molecule has 27 heavy (non-hydrogen) atoms. The molecule has 10 heteroatoms. The molecule has 1 heterocycles. The summed E-state index contributed by atoms with van der Waals surface area (Å²) in [6.45, 7) is 1.87. The molecule has 2 aromatic carbocycles. The number of aliphatic hydroxyl groups is 1. The molecule has 0 saturated heterocycles. The Morgan fingerprint density at radius 1 is 1.37 bits per heavy atom. The van der Waals surface area contributed by atoms with E-state index in [1.807, 2.05) is 22.6 Å². The van der Waals surface area contributed by atoms with Gasteiger partial charge in [-0.15, -0.1) is 0 Å². The van der Waals surface area contributed by atoms with E-state index in [2.05, 4.69) is 15.3 Å². The number of phenolic OH excluding ortho intramolecular Hbond substituents is 1. The van der Waals surface area contributed by atoms with Gasteiger partial charge in [-0.25, -0.2) is 4.98 Å². The van der Waals surface area contributed by atoms with E-state index in [0.29, 0.717) is 9.83 Å². The van der Waals surface area contributed by atoms with Gasteiger partial charge in [0.25, 0.3) is 5.91 Å². The van der Waals surface area contributed by atoms with Crippen LogP contribution in [-0.2, 0) is 0 Å². The number of aliphatic hydroxyl groups excluding tert-OH is 1. The molecule has 6 N–H and O–H groups in total. The van der Waals surface area contributed by atoms with Crippen molar-refractivity contribution in [1.82, 2.24) is 15.3 Å². The maximum Gasteiger partial charge on any atom is 0.254 e. The molecule has 0 radical (unpaired) electrons. The van der Waals surface area contributed by atoms with E-state index in [4.69, 9.17) is 5.73 Å². The Bertz CT molecular complexity index is 1270. The number of rotatable bonds is 3. The zero-order chi connectivity index (χ0) is 19.9. The monoisotopic (exact) mass is 482 g/mol.